The van der Waals surface area contributed by atoms with Gasteiger partial charge in [-0.15, -0.1) is 0 Å². The molecule has 4 amide bonds. The largest absolute Gasteiger partial charge is 0.461 e. The van der Waals surface area contributed by atoms with E-state index in [1.807, 2.05) is 5.32 Å². The van der Waals surface area contributed by atoms with E-state index in [0.717, 1.165) is 52.4 Å². The van der Waals surface area contributed by atoms with Gasteiger partial charge >= 0.3 is 31.1 Å². The monoisotopic (exact) mass is 1180 g/mol. The number of piperazine rings is 1. The van der Waals surface area contributed by atoms with E-state index in [0.29, 0.717) is 80.0 Å². The van der Waals surface area contributed by atoms with Gasteiger partial charge in [-0.3, -0.25) is 24.7 Å². The number of nitrogens with zero attached hydrogens (tertiary/aromatic N) is 7. The van der Waals surface area contributed by atoms with E-state index in [1.165, 1.54) is 43.5 Å². The van der Waals surface area contributed by atoms with Crippen molar-refractivity contribution in [1.29, 1.82) is 0 Å². The number of hydrogen-bond donors (Lipinski definition) is 4. The summed E-state index contributed by atoms with van der Waals surface area (Å²) in [5, 5.41) is 10.1. The number of methoxy groups -OCH3 is 2. The normalized spacial score (nSPS) is 18.2. The zero-order valence-corrected chi connectivity index (χ0v) is 45.7. The molecule has 83 heavy (non-hydrogen) atoms. The molecule has 2 bridgehead atoms. The number of amides is 4. The average Bonchev–Trinajstić information content (AvgIpc) is 3.20. The molecule has 19 nitrogen and oxygen atoms in total. The van der Waals surface area contributed by atoms with E-state index in [1.54, 1.807) is 17.7 Å². The van der Waals surface area contributed by atoms with Gasteiger partial charge in [0, 0.05) is 73.0 Å². The molecule has 2 saturated heterocycles. The van der Waals surface area contributed by atoms with Gasteiger partial charge < -0.3 is 35.1 Å². The van der Waals surface area contributed by atoms with Crippen LogP contribution in [0.1, 0.15) is 88.6 Å². The minimum atomic E-state index is -5.25. The third kappa shape index (κ3) is 14.7. The Morgan fingerprint density at radius 2 is 1.30 bits per heavy atom. The van der Waals surface area contributed by atoms with Crippen molar-refractivity contribution in [3.63, 3.8) is 0 Å². The number of hydrogen-bond acceptors (Lipinski definition) is 14. The SMILES string of the molecule is COC(=O)N[C@H](C(=O)N[C@@H](Cc1ccc(C#Cc2cnc(N3CC4CCC(C3)N4C3CCC3)nc2)cc1)[C@H](CN(Cc1c(F)cc(-c2ccn(C(F)F)n2)cc1F)NC(=O)[C@@H](NC(=O)OC)C(C)(C)C(F)(F)F)OC=O)C(C)(C)C(F)(F)F. The summed E-state index contributed by atoms with van der Waals surface area (Å²) in [6.45, 7) is -1.75. The van der Waals surface area contributed by atoms with E-state index in [-0.39, 0.29) is 28.0 Å². The van der Waals surface area contributed by atoms with Gasteiger partial charge in [0.05, 0.1) is 48.9 Å². The number of anilines is 1. The van der Waals surface area contributed by atoms with Crippen molar-refractivity contribution in [3.8, 4) is 23.1 Å². The topological polar surface area (TPSA) is 214 Å². The quantitative estimate of drug-likeness (QED) is 0.0211. The van der Waals surface area contributed by atoms with Gasteiger partial charge in [-0.05, 0) is 95.7 Å². The number of ether oxygens (including phenoxy) is 3. The third-order valence-electron chi connectivity index (χ3n) is 15.3. The summed E-state index contributed by atoms with van der Waals surface area (Å²) in [4.78, 5) is 79.8. The predicted octanol–water partition coefficient (Wildman–Crippen LogP) is 7.35. The Hall–Kier alpha value is -7.74. The predicted molar refractivity (Wildman–Crippen MR) is 275 cm³/mol. The third-order valence-corrected chi connectivity index (χ3v) is 15.3. The minimum absolute atomic E-state index is 0.191. The van der Waals surface area contributed by atoms with Gasteiger partial charge in [0.25, 0.3) is 12.4 Å². The van der Waals surface area contributed by atoms with Crippen LogP contribution in [0.4, 0.5) is 59.4 Å². The molecule has 0 radical (unpaired) electrons. The highest BCUT2D eigenvalue weighted by molar-refractivity contribution is 5.87. The molecule has 450 valence electrons. The number of alkyl halides is 8. The Bertz CT molecular complexity index is 2980. The van der Waals surface area contributed by atoms with Crippen LogP contribution < -0.4 is 26.3 Å². The lowest BCUT2D eigenvalue weighted by molar-refractivity contribution is -0.221. The second-order valence-corrected chi connectivity index (χ2v) is 21.4. The molecule has 6 atom stereocenters. The van der Waals surface area contributed by atoms with Crippen LogP contribution in [0.15, 0.2) is 61.1 Å². The fourth-order valence-corrected chi connectivity index (χ4v) is 10.0. The second kappa shape index (κ2) is 25.8. The molecule has 0 spiro atoms. The summed E-state index contributed by atoms with van der Waals surface area (Å²) in [5.74, 6) is 0.396. The van der Waals surface area contributed by atoms with Gasteiger partial charge in [-0.1, -0.05) is 30.4 Å². The first-order valence-electron chi connectivity index (χ1n) is 26.1. The number of halogens is 10. The van der Waals surface area contributed by atoms with Gasteiger partial charge in [-0.25, -0.2) is 38.0 Å². The number of benzene rings is 2. The molecule has 1 aliphatic carbocycles. The number of rotatable bonds is 21. The fraction of sp³-hybridized carbons (Fsp3) is 0.519. The van der Waals surface area contributed by atoms with Crippen LogP contribution in [0, 0.1) is 34.3 Å². The number of nitrogens with one attached hydrogen (secondary N) is 4. The molecular weight excluding hydrogens is 1120 g/mol. The maximum atomic E-state index is 16.2. The van der Waals surface area contributed by atoms with Gasteiger partial charge in [0.15, 0.2) is 0 Å². The van der Waals surface area contributed by atoms with Crippen LogP contribution in [0.25, 0.3) is 11.3 Å². The van der Waals surface area contributed by atoms with Crippen LogP contribution in [0.5, 0.6) is 0 Å². The molecule has 2 unspecified atom stereocenters. The second-order valence-electron chi connectivity index (χ2n) is 21.4. The lowest BCUT2D eigenvalue weighted by atomic mass is 9.82. The van der Waals surface area contributed by atoms with Gasteiger partial charge in [0.2, 0.25) is 11.9 Å². The van der Waals surface area contributed by atoms with Crippen molar-refractivity contribution in [1.82, 2.24) is 51.0 Å². The summed E-state index contributed by atoms with van der Waals surface area (Å²) >= 11 is 0. The molecular formula is C54H61F10N11O8. The van der Waals surface area contributed by atoms with Crippen molar-refractivity contribution in [2.45, 2.75) is 134 Å². The molecule has 4 heterocycles. The number of aromatic nitrogens is 4. The summed E-state index contributed by atoms with van der Waals surface area (Å²) in [6, 6.07) is 2.99. The molecule has 3 fully saturated rings. The molecule has 2 aromatic carbocycles. The van der Waals surface area contributed by atoms with Crippen LogP contribution in [-0.2, 0) is 41.6 Å². The average molecular weight is 1180 g/mol. The van der Waals surface area contributed by atoms with E-state index in [2.05, 4.69) is 56.9 Å². The maximum Gasteiger partial charge on any atom is 0.407 e. The number of alkyl carbamates (subject to hydrolysis) is 2. The number of hydrazine groups is 1. The smallest absolute Gasteiger partial charge is 0.407 e. The highest BCUT2D eigenvalue weighted by Crippen LogP contribution is 2.43. The van der Waals surface area contributed by atoms with Crippen molar-refractivity contribution in [3.05, 3.63) is 94.9 Å². The maximum absolute atomic E-state index is 16.2. The molecule has 4 aromatic rings. The first-order valence-corrected chi connectivity index (χ1v) is 26.1. The van der Waals surface area contributed by atoms with Crippen molar-refractivity contribution >= 4 is 36.4 Å². The fourth-order valence-electron chi connectivity index (χ4n) is 10.0. The van der Waals surface area contributed by atoms with Crippen molar-refractivity contribution in [2.75, 3.05) is 38.8 Å². The van der Waals surface area contributed by atoms with E-state index in [9.17, 15) is 59.1 Å². The Morgan fingerprint density at radius 1 is 0.759 bits per heavy atom. The molecule has 29 heteroatoms. The van der Waals surface area contributed by atoms with E-state index >= 15 is 8.78 Å². The lowest BCUT2D eigenvalue weighted by Gasteiger charge is -2.48. The lowest BCUT2D eigenvalue weighted by Crippen LogP contribution is -2.64. The standard InChI is InChI=1S/C54H61F10N11O8/c1-51(2,53(59,60)61)43(68-49(79)81-5)45(77)67-41(20-31-13-10-30(11-14-31)12-15-32-23-65-48(66-24-32)72-25-35-16-17-36(26-72)75(35)34-8-7-9-34)42(83-29-76)28-73(71-46(78)44(69-50(80)82-6)52(3,4)54(62,63)64)27-37-38(55)21-33(22-39(37)56)40-18-19-74(70-40)47(57)58/h10-11,13-14,18-19,21-24,29,34-36,41-44,47H,7-9,16-17,20,25-28H2,1-6H3,(H,67,77)(H,68,79)(H,69,80)(H,71,78)/t35?,36?,41-,42-,43+,44+/m0/s1. The summed E-state index contributed by atoms with van der Waals surface area (Å²) < 4.78 is 161. The number of fused-ring (bicyclic) bond motifs is 2. The molecule has 1 saturated carbocycles. The molecule has 4 N–H and O–H groups in total. The van der Waals surface area contributed by atoms with Crippen LogP contribution in [0.3, 0.4) is 0 Å². The zero-order valence-electron chi connectivity index (χ0n) is 45.7. The Labute approximate surface area is 470 Å². The number of carbonyl (C=O) groups excluding carboxylic acids is 5. The van der Waals surface area contributed by atoms with Crippen LogP contribution in [-0.4, -0.2) is 149 Å². The first kappa shape index (κ1) is 62.9. The Balaban J connectivity index is 1.22. The molecule has 3 aliphatic rings. The number of carbonyl (C=O) groups is 5. The minimum Gasteiger partial charge on any atom is -0.461 e. The van der Waals surface area contributed by atoms with Crippen molar-refractivity contribution in [2.24, 2.45) is 10.8 Å². The van der Waals surface area contributed by atoms with Crippen molar-refractivity contribution < 1.29 is 82.1 Å². The van der Waals surface area contributed by atoms with Crippen LogP contribution >= 0.6 is 0 Å². The van der Waals surface area contributed by atoms with Gasteiger partial charge in [-0.2, -0.15) is 40.2 Å². The van der Waals surface area contributed by atoms with Crippen LogP contribution in [0.2, 0.25) is 0 Å². The Morgan fingerprint density at radius 3 is 1.78 bits per heavy atom. The highest BCUT2D eigenvalue weighted by atomic mass is 19.4. The van der Waals surface area contributed by atoms with E-state index in [4.69, 9.17) is 4.74 Å². The highest BCUT2D eigenvalue weighted by Gasteiger charge is 2.57. The first-order chi connectivity index (χ1) is 39.0. The van der Waals surface area contributed by atoms with E-state index < -0.39 is 115 Å². The van der Waals surface area contributed by atoms with Gasteiger partial charge in [0.1, 0.15) is 29.8 Å². The molecule has 2 aromatic heterocycles. The summed E-state index contributed by atoms with van der Waals surface area (Å²) in [5.41, 5.74) is -4.67. The zero-order chi connectivity index (χ0) is 60.8. The summed E-state index contributed by atoms with van der Waals surface area (Å²) in [7, 11) is 1.59. The summed E-state index contributed by atoms with van der Waals surface area (Å²) in [6.07, 6.45) is -5.97. The molecule has 2 aliphatic heterocycles. The Kier molecular flexibility index (Phi) is 19.5. The molecule has 7 rings (SSSR count).